The third kappa shape index (κ3) is 5.24. The molecule has 0 aromatic heterocycles. The van der Waals surface area contributed by atoms with Gasteiger partial charge in [-0.1, -0.05) is 31.4 Å². The van der Waals surface area contributed by atoms with E-state index < -0.39 is 0 Å². The van der Waals surface area contributed by atoms with Gasteiger partial charge in [0, 0.05) is 23.9 Å². The molecule has 0 saturated heterocycles. The molecule has 1 aliphatic heterocycles. The highest BCUT2D eigenvalue weighted by Gasteiger charge is 2.28. The summed E-state index contributed by atoms with van der Waals surface area (Å²) >= 11 is 1.48. The molecule has 1 aromatic rings. The van der Waals surface area contributed by atoms with Gasteiger partial charge in [0.2, 0.25) is 11.8 Å². The van der Waals surface area contributed by atoms with Crippen LogP contribution in [0.3, 0.4) is 0 Å². The van der Waals surface area contributed by atoms with Crippen LogP contribution in [0, 0.1) is 0 Å². The first-order valence-corrected chi connectivity index (χ1v) is 10.5. The van der Waals surface area contributed by atoms with Crippen LogP contribution in [0.15, 0.2) is 29.2 Å². The maximum Gasteiger partial charge on any atom is 0.238 e. The Hall–Kier alpha value is -1.53. The SMILES string of the molecule is CN(CCCNC(=O)CC1Sc2ccccc2NC1=O)C1CCCCC1. The maximum atomic E-state index is 12.2. The van der Waals surface area contributed by atoms with Gasteiger partial charge in [-0.15, -0.1) is 11.8 Å². The van der Waals surface area contributed by atoms with Gasteiger partial charge >= 0.3 is 0 Å². The van der Waals surface area contributed by atoms with E-state index in [1.165, 1.54) is 43.9 Å². The molecule has 1 atom stereocenters. The number of hydrogen-bond donors (Lipinski definition) is 2. The normalized spacial score (nSPS) is 20.5. The number of amides is 2. The first-order valence-electron chi connectivity index (χ1n) is 9.67. The molecule has 1 fully saturated rings. The van der Waals surface area contributed by atoms with Crippen LogP contribution in [-0.2, 0) is 9.59 Å². The molecule has 1 heterocycles. The number of thioether (sulfide) groups is 1. The molecule has 3 rings (SSSR count). The van der Waals surface area contributed by atoms with E-state index in [1.807, 2.05) is 24.3 Å². The number of para-hydroxylation sites is 1. The van der Waals surface area contributed by atoms with Crippen molar-refractivity contribution in [2.24, 2.45) is 0 Å². The van der Waals surface area contributed by atoms with Crippen molar-refractivity contribution in [3.8, 4) is 0 Å². The van der Waals surface area contributed by atoms with Gasteiger partial charge in [-0.2, -0.15) is 0 Å². The molecule has 6 heteroatoms. The average Bonchev–Trinajstić information content (AvgIpc) is 2.66. The largest absolute Gasteiger partial charge is 0.356 e. The lowest BCUT2D eigenvalue weighted by atomic mass is 9.94. The molecule has 1 unspecified atom stereocenters. The van der Waals surface area contributed by atoms with Crippen LogP contribution in [0.1, 0.15) is 44.9 Å². The zero-order valence-electron chi connectivity index (χ0n) is 15.5. The predicted molar refractivity (Wildman–Crippen MR) is 106 cm³/mol. The minimum atomic E-state index is -0.352. The van der Waals surface area contributed by atoms with Gasteiger partial charge in [-0.05, 0) is 45.0 Å². The van der Waals surface area contributed by atoms with E-state index in [1.54, 1.807) is 0 Å². The second-order valence-electron chi connectivity index (χ2n) is 7.27. The summed E-state index contributed by atoms with van der Waals surface area (Å²) in [5.74, 6) is -0.127. The minimum absolute atomic E-state index is 0.0441. The fourth-order valence-electron chi connectivity index (χ4n) is 3.73. The summed E-state index contributed by atoms with van der Waals surface area (Å²) in [5, 5.41) is 5.51. The van der Waals surface area contributed by atoms with Gasteiger partial charge in [0.25, 0.3) is 0 Å². The Bertz CT molecular complexity index is 631. The molecule has 142 valence electrons. The summed E-state index contributed by atoms with van der Waals surface area (Å²) in [5.41, 5.74) is 0.838. The third-order valence-electron chi connectivity index (χ3n) is 5.29. The van der Waals surface area contributed by atoms with Crippen molar-refractivity contribution in [2.45, 2.75) is 61.1 Å². The summed E-state index contributed by atoms with van der Waals surface area (Å²) in [7, 11) is 2.19. The quantitative estimate of drug-likeness (QED) is 0.718. The zero-order valence-corrected chi connectivity index (χ0v) is 16.3. The highest BCUT2D eigenvalue weighted by Crippen LogP contribution is 2.36. The Balaban J connectivity index is 1.36. The minimum Gasteiger partial charge on any atom is -0.356 e. The summed E-state index contributed by atoms with van der Waals surface area (Å²) in [6, 6.07) is 8.42. The fraction of sp³-hybridized carbons (Fsp3) is 0.600. The van der Waals surface area contributed by atoms with Gasteiger partial charge in [0.1, 0.15) is 0 Å². The van der Waals surface area contributed by atoms with E-state index in [4.69, 9.17) is 0 Å². The molecule has 1 aliphatic carbocycles. The Kier molecular flexibility index (Phi) is 6.97. The highest BCUT2D eigenvalue weighted by molar-refractivity contribution is 8.01. The fourth-order valence-corrected chi connectivity index (χ4v) is 4.84. The lowest BCUT2D eigenvalue weighted by Crippen LogP contribution is -2.37. The van der Waals surface area contributed by atoms with E-state index >= 15 is 0 Å². The van der Waals surface area contributed by atoms with Crippen molar-refractivity contribution in [3.63, 3.8) is 0 Å². The number of benzene rings is 1. The van der Waals surface area contributed by atoms with Gasteiger partial charge in [0.05, 0.1) is 10.9 Å². The van der Waals surface area contributed by atoms with Crippen LogP contribution >= 0.6 is 11.8 Å². The number of carbonyl (C=O) groups excluding carboxylic acids is 2. The van der Waals surface area contributed by atoms with E-state index in [-0.39, 0.29) is 23.5 Å². The number of nitrogens with one attached hydrogen (secondary N) is 2. The smallest absolute Gasteiger partial charge is 0.238 e. The number of hydrogen-bond acceptors (Lipinski definition) is 4. The van der Waals surface area contributed by atoms with Crippen molar-refractivity contribution in [3.05, 3.63) is 24.3 Å². The number of carbonyl (C=O) groups is 2. The Labute approximate surface area is 160 Å². The first-order chi connectivity index (χ1) is 12.6. The Morgan fingerprint density at radius 1 is 1.27 bits per heavy atom. The molecular formula is C20H29N3O2S. The molecule has 2 N–H and O–H groups in total. The Morgan fingerprint density at radius 3 is 2.85 bits per heavy atom. The van der Waals surface area contributed by atoms with Crippen molar-refractivity contribution < 1.29 is 9.59 Å². The topological polar surface area (TPSA) is 61.4 Å². The van der Waals surface area contributed by atoms with Crippen molar-refractivity contribution in [1.29, 1.82) is 0 Å². The standard InChI is InChI=1S/C20H29N3O2S/c1-23(15-8-3-2-4-9-15)13-7-12-21-19(24)14-18-20(25)22-16-10-5-6-11-17(16)26-18/h5-6,10-11,15,18H,2-4,7-9,12-14H2,1H3,(H,21,24)(H,22,25). The third-order valence-corrected chi connectivity index (χ3v) is 6.56. The maximum absolute atomic E-state index is 12.2. The van der Waals surface area contributed by atoms with E-state index in [0.717, 1.165) is 23.5 Å². The molecule has 26 heavy (non-hydrogen) atoms. The average molecular weight is 376 g/mol. The number of rotatable bonds is 7. The van der Waals surface area contributed by atoms with E-state index in [9.17, 15) is 9.59 Å². The molecule has 0 bridgehead atoms. The molecule has 1 aromatic carbocycles. The molecule has 5 nitrogen and oxygen atoms in total. The second kappa shape index (κ2) is 9.42. The highest BCUT2D eigenvalue weighted by atomic mass is 32.2. The molecule has 0 radical (unpaired) electrons. The van der Waals surface area contributed by atoms with Crippen LogP contribution < -0.4 is 10.6 Å². The summed E-state index contributed by atoms with van der Waals surface area (Å²) in [6.07, 6.45) is 7.84. The summed E-state index contributed by atoms with van der Waals surface area (Å²) in [4.78, 5) is 27.8. The van der Waals surface area contributed by atoms with Crippen LogP contribution in [-0.4, -0.2) is 48.1 Å². The molecule has 2 aliphatic rings. The summed E-state index contributed by atoms with van der Waals surface area (Å²) in [6.45, 7) is 1.68. The monoisotopic (exact) mass is 375 g/mol. The zero-order chi connectivity index (χ0) is 18.4. The first kappa shape index (κ1) is 19.2. The summed E-state index contributed by atoms with van der Waals surface area (Å²) < 4.78 is 0. The van der Waals surface area contributed by atoms with Gasteiger partial charge in [-0.3, -0.25) is 9.59 Å². The second-order valence-corrected chi connectivity index (χ2v) is 8.52. The van der Waals surface area contributed by atoms with Crippen LogP contribution in [0.25, 0.3) is 0 Å². The molecular weight excluding hydrogens is 346 g/mol. The van der Waals surface area contributed by atoms with Gasteiger partial charge < -0.3 is 15.5 Å². The predicted octanol–water partition coefficient (Wildman–Crippen LogP) is 3.26. The van der Waals surface area contributed by atoms with E-state index in [0.29, 0.717) is 12.6 Å². The molecule has 1 saturated carbocycles. The molecule has 0 spiro atoms. The van der Waals surface area contributed by atoms with Gasteiger partial charge in [0.15, 0.2) is 0 Å². The Morgan fingerprint density at radius 2 is 2.04 bits per heavy atom. The lowest BCUT2D eigenvalue weighted by Gasteiger charge is -2.31. The van der Waals surface area contributed by atoms with Crippen molar-refractivity contribution in [2.75, 3.05) is 25.5 Å². The van der Waals surface area contributed by atoms with Gasteiger partial charge in [-0.25, -0.2) is 0 Å². The number of anilines is 1. The number of fused-ring (bicyclic) bond motifs is 1. The van der Waals surface area contributed by atoms with Crippen LogP contribution in [0.4, 0.5) is 5.69 Å². The number of nitrogens with zero attached hydrogens (tertiary/aromatic N) is 1. The van der Waals surface area contributed by atoms with E-state index in [2.05, 4.69) is 22.6 Å². The van der Waals surface area contributed by atoms with Crippen molar-refractivity contribution >= 4 is 29.3 Å². The van der Waals surface area contributed by atoms with Crippen LogP contribution in [0.5, 0.6) is 0 Å². The van der Waals surface area contributed by atoms with Crippen molar-refractivity contribution in [1.82, 2.24) is 10.2 Å². The molecule has 2 amide bonds. The lowest BCUT2D eigenvalue weighted by molar-refractivity contribution is -0.124. The van der Waals surface area contributed by atoms with Crippen LogP contribution in [0.2, 0.25) is 0 Å².